The average Bonchev–Trinajstić information content (AvgIpc) is 2.74. The third-order valence-corrected chi connectivity index (χ3v) is 3.34. The molecule has 0 fully saturated rings. The largest absolute Gasteiger partial charge is 0.348 e. The molecule has 16 heavy (non-hydrogen) atoms. The molecule has 82 valence electrons. The van der Waals surface area contributed by atoms with Crippen LogP contribution < -0.4 is 0 Å². The van der Waals surface area contributed by atoms with E-state index in [4.69, 9.17) is 11.6 Å². The Morgan fingerprint density at radius 1 is 1.50 bits per heavy atom. The van der Waals surface area contributed by atoms with Gasteiger partial charge in [0.05, 0.1) is 11.4 Å². The Morgan fingerprint density at radius 2 is 2.31 bits per heavy atom. The number of Topliss-reactive ketones (excluding diaryl/α,β-unsaturated/α-hetero) is 1. The second-order valence-electron chi connectivity index (χ2n) is 3.26. The summed E-state index contributed by atoms with van der Waals surface area (Å²) in [5, 5.41) is 0.592. The van der Waals surface area contributed by atoms with Crippen LogP contribution in [-0.2, 0) is 6.42 Å². The molecule has 3 nitrogen and oxygen atoms in total. The number of nitrogens with zero attached hydrogens (tertiary/aromatic N) is 1. The van der Waals surface area contributed by atoms with Crippen LogP contribution in [0.1, 0.15) is 16.2 Å². The summed E-state index contributed by atoms with van der Waals surface area (Å²) in [4.78, 5) is 18.8. The summed E-state index contributed by atoms with van der Waals surface area (Å²) in [7, 11) is 0. The number of nitrogens with one attached hydrogen (secondary N) is 1. The molecular weight excluding hydrogens is 291 g/mol. The first-order valence-corrected chi connectivity index (χ1v) is 5.80. The first kappa shape index (κ1) is 11.4. The van der Waals surface area contributed by atoms with Gasteiger partial charge in [-0.15, -0.1) is 0 Å². The van der Waals surface area contributed by atoms with Crippen molar-refractivity contribution in [1.82, 2.24) is 9.97 Å². The molecule has 1 aromatic heterocycles. The first-order chi connectivity index (χ1) is 7.66. The Bertz CT molecular complexity index is 511. The zero-order valence-corrected chi connectivity index (χ0v) is 10.5. The fraction of sp³-hybridized carbons (Fsp3) is 0.0909. The molecule has 0 spiro atoms. The lowest BCUT2D eigenvalue weighted by atomic mass is 10.1. The number of ketones is 1. The highest BCUT2D eigenvalue weighted by Gasteiger charge is 2.09. The van der Waals surface area contributed by atoms with E-state index in [1.807, 2.05) is 0 Å². The number of rotatable bonds is 3. The van der Waals surface area contributed by atoms with E-state index < -0.39 is 0 Å². The second kappa shape index (κ2) is 4.80. The summed E-state index contributed by atoms with van der Waals surface area (Å²) in [6.07, 6.45) is 3.59. The molecule has 0 aliphatic carbocycles. The number of hydrogen-bond acceptors (Lipinski definition) is 2. The van der Waals surface area contributed by atoms with E-state index >= 15 is 0 Å². The van der Waals surface area contributed by atoms with Gasteiger partial charge in [-0.05, 0) is 34.1 Å². The lowest BCUT2D eigenvalue weighted by Crippen LogP contribution is -2.04. The highest BCUT2D eigenvalue weighted by molar-refractivity contribution is 9.10. The molecule has 1 heterocycles. The highest BCUT2D eigenvalue weighted by atomic mass is 79.9. The first-order valence-electron chi connectivity index (χ1n) is 4.63. The van der Waals surface area contributed by atoms with E-state index in [2.05, 4.69) is 25.9 Å². The van der Waals surface area contributed by atoms with Crippen molar-refractivity contribution in [2.45, 2.75) is 6.42 Å². The van der Waals surface area contributed by atoms with Crippen molar-refractivity contribution in [3.8, 4) is 0 Å². The Hall–Kier alpha value is -1.13. The van der Waals surface area contributed by atoms with Gasteiger partial charge < -0.3 is 4.98 Å². The van der Waals surface area contributed by atoms with E-state index in [-0.39, 0.29) is 12.2 Å². The minimum atomic E-state index is 0.00677. The minimum Gasteiger partial charge on any atom is -0.348 e. The zero-order chi connectivity index (χ0) is 11.5. The Balaban J connectivity index is 2.18. The number of benzene rings is 1. The summed E-state index contributed by atoms with van der Waals surface area (Å²) in [6, 6.07) is 5.12. The van der Waals surface area contributed by atoms with Gasteiger partial charge in [-0.2, -0.15) is 0 Å². The smallest absolute Gasteiger partial charge is 0.170 e. The van der Waals surface area contributed by atoms with Gasteiger partial charge in [-0.3, -0.25) is 4.79 Å². The van der Waals surface area contributed by atoms with Crippen molar-refractivity contribution in [3.05, 3.63) is 51.5 Å². The third kappa shape index (κ3) is 2.51. The van der Waals surface area contributed by atoms with Crippen molar-refractivity contribution >= 4 is 33.3 Å². The number of H-pyrrole nitrogens is 1. The van der Waals surface area contributed by atoms with Gasteiger partial charge in [-0.1, -0.05) is 11.6 Å². The van der Waals surface area contributed by atoms with Gasteiger partial charge in [0.2, 0.25) is 0 Å². The number of hydrogen-bond donors (Lipinski definition) is 1. The van der Waals surface area contributed by atoms with Crippen LogP contribution in [0.15, 0.2) is 35.1 Å². The van der Waals surface area contributed by atoms with Gasteiger partial charge in [0, 0.05) is 22.4 Å². The Labute approximate surface area is 106 Å². The van der Waals surface area contributed by atoms with Crippen LogP contribution in [0.4, 0.5) is 0 Å². The molecule has 2 rings (SSSR count). The maximum atomic E-state index is 11.9. The van der Waals surface area contributed by atoms with Crippen LogP contribution in [0.5, 0.6) is 0 Å². The standard InChI is InChI=1S/C11H8BrClN2O/c12-8-5-7(1-2-9(8)13)10(16)6-11-14-3-4-15-11/h1-5H,6H2,(H,14,15). The number of aromatic nitrogens is 2. The Kier molecular flexibility index (Phi) is 3.41. The molecule has 0 aliphatic heterocycles. The molecule has 0 saturated heterocycles. The van der Waals surface area contributed by atoms with Crippen LogP contribution in [-0.4, -0.2) is 15.8 Å². The summed E-state index contributed by atoms with van der Waals surface area (Å²) in [5.74, 6) is 0.670. The molecule has 0 amide bonds. The van der Waals surface area contributed by atoms with Crippen molar-refractivity contribution in [1.29, 1.82) is 0 Å². The lowest BCUT2D eigenvalue weighted by Gasteiger charge is -2.01. The predicted molar refractivity (Wildman–Crippen MR) is 65.8 cm³/mol. The van der Waals surface area contributed by atoms with Crippen LogP contribution >= 0.6 is 27.5 Å². The fourth-order valence-corrected chi connectivity index (χ4v) is 1.81. The third-order valence-electron chi connectivity index (χ3n) is 2.12. The van der Waals surface area contributed by atoms with E-state index in [0.717, 1.165) is 4.47 Å². The van der Waals surface area contributed by atoms with Crippen LogP contribution in [0, 0.1) is 0 Å². The zero-order valence-electron chi connectivity index (χ0n) is 8.21. The van der Waals surface area contributed by atoms with Crippen molar-refractivity contribution in [2.75, 3.05) is 0 Å². The molecule has 2 aromatic rings. The topological polar surface area (TPSA) is 45.8 Å². The van der Waals surface area contributed by atoms with Gasteiger partial charge in [0.15, 0.2) is 5.78 Å². The van der Waals surface area contributed by atoms with Crippen molar-refractivity contribution in [2.24, 2.45) is 0 Å². The predicted octanol–water partition coefficient (Wildman–Crippen LogP) is 3.25. The quantitative estimate of drug-likeness (QED) is 0.884. The van der Waals surface area contributed by atoms with Crippen LogP contribution in [0.25, 0.3) is 0 Å². The summed E-state index contributed by atoms with van der Waals surface area (Å²) in [6.45, 7) is 0. The fourth-order valence-electron chi connectivity index (χ4n) is 1.32. The molecule has 0 unspecified atom stereocenters. The molecule has 0 aliphatic rings. The lowest BCUT2D eigenvalue weighted by molar-refractivity contribution is 0.0991. The van der Waals surface area contributed by atoms with Crippen LogP contribution in [0.3, 0.4) is 0 Å². The summed E-state index contributed by atoms with van der Waals surface area (Å²) in [5.41, 5.74) is 0.618. The maximum absolute atomic E-state index is 11.9. The van der Waals surface area contributed by atoms with E-state index in [0.29, 0.717) is 16.4 Å². The van der Waals surface area contributed by atoms with E-state index in [9.17, 15) is 4.79 Å². The van der Waals surface area contributed by atoms with Gasteiger partial charge >= 0.3 is 0 Å². The van der Waals surface area contributed by atoms with Crippen LogP contribution in [0.2, 0.25) is 5.02 Å². The highest BCUT2D eigenvalue weighted by Crippen LogP contribution is 2.23. The maximum Gasteiger partial charge on any atom is 0.170 e. The van der Waals surface area contributed by atoms with Gasteiger partial charge in [0.1, 0.15) is 5.82 Å². The van der Waals surface area contributed by atoms with E-state index in [1.165, 1.54) is 0 Å². The number of carbonyl (C=O) groups is 1. The number of carbonyl (C=O) groups excluding carboxylic acids is 1. The van der Waals surface area contributed by atoms with Crippen molar-refractivity contribution in [3.63, 3.8) is 0 Å². The van der Waals surface area contributed by atoms with Crippen molar-refractivity contribution < 1.29 is 4.79 Å². The normalized spacial score (nSPS) is 10.4. The second-order valence-corrected chi connectivity index (χ2v) is 4.53. The summed E-state index contributed by atoms with van der Waals surface area (Å²) >= 11 is 9.14. The molecule has 0 bridgehead atoms. The number of imidazole rings is 1. The molecule has 0 radical (unpaired) electrons. The molecule has 5 heteroatoms. The van der Waals surface area contributed by atoms with Gasteiger partial charge in [-0.25, -0.2) is 4.98 Å². The molecular formula is C11H8BrClN2O. The SMILES string of the molecule is O=C(Cc1ncc[nH]1)c1ccc(Cl)c(Br)c1. The van der Waals surface area contributed by atoms with E-state index in [1.54, 1.807) is 30.6 Å². The molecule has 1 aromatic carbocycles. The molecule has 0 atom stereocenters. The summed E-state index contributed by atoms with van der Waals surface area (Å²) < 4.78 is 0.722. The Morgan fingerprint density at radius 3 is 2.94 bits per heavy atom. The molecule has 0 saturated carbocycles. The monoisotopic (exact) mass is 298 g/mol. The molecule has 1 N–H and O–H groups in total. The van der Waals surface area contributed by atoms with Gasteiger partial charge in [0.25, 0.3) is 0 Å². The average molecular weight is 300 g/mol. The number of halogens is 2. The number of aromatic amines is 1. The minimum absolute atomic E-state index is 0.00677.